The van der Waals surface area contributed by atoms with Gasteiger partial charge in [-0.25, -0.2) is 9.78 Å². The molecule has 0 radical (unpaired) electrons. The van der Waals surface area contributed by atoms with E-state index in [4.69, 9.17) is 9.47 Å². The second-order valence-corrected chi connectivity index (χ2v) is 4.50. The van der Waals surface area contributed by atoms with Gasteiger partial charge < -0.3 is 9.47 Å². The lowest BCUT2D eigenvalue weighted by Gasteiger charge is -2.06. The Morgan fingerprint density at radius 1 is 1.10 bits per heavy atom. The van der Waals surface area contributed by atoms with Crippen molar-refractivity contribution in [2.75, 3.05) is 13.2 Å². The molecule has 0 fully saturated rings. The first-order valence-electron chi connectivity index (χ1n) is 7.12. The molecule has 2 rings (SSSR count). The molecule has 1 aromatic carbocycles. The average molecular weight is 285 g/mol. The van der Waals surface area contributed by atoms with Crippen molar-refractivity contribution in [1.29, 1.82) is 0 Å². The number of aromatic nitrogens is 1. The van der Waals surface area contributed by atoms with E-state index in [1.165, 1.54) is 0 Å². The third kappa shape index (κ3) is 4.05. The number of esters is 1. The second-order valence-electron chi connectivity index (χ2n) is 4.50. The summed E-state index contributed by atoms with van der Waals surface area (Å²) in [7, 11) is 0. The molecule has 1 heterocycles. The highest BCUT2D eigenvalue weighted by Gasteiger charge is 2.10. The fourth-order valence-electron chi connectivity index (χ4n) is 1.87. The molecule has 0 aliphatic heterocycles. The maximum atomic E-state index is 11.8. The standard InChI is InChI=1S/C17H19NO3/c1-3-12-21-17(19)16-7-5-6-15(18-16)13-8-10-14(11-9-13)20-4-2/h5-11H,3-4,12H2,1-2H3. The van der Waals surface area contributed by atoms with Gasteiger partial charge >= 0.3 is 5.97 Å². The zero-order valence-corrected chi connectivity index (χ0v) is 12.3. The van der Waals surface area contributed by atoms with Gasteiger partial charge in [0.1, 0.15) is 11.4 Å². The average Bonchev–Trinajstić information content (AvgIpc) is 2.54. The first kappa shape index (κ1) is 15.0. The number of ether oxygens (including phenoxy) is 2. The summed E-state index contributed by atoms with van der Waals surface area (Å²) in [5, 5.41) is 0. The highest BCUT2D eigenvalue weighted by molar-refractivity contribution is 5.87. The first-order chi connectivity index (χ1) is 10.2. The van der Waals surface area contributed by atoms with Crippen molar-refractivity contribution in [2.45, 2.75) is 20.3 Å². The van der Waals surface area contributed by atoms with Gasteiger partial charge in [0.25, 0.3) is 0 Å². The monoisotopic (exact) mass is 285 g/mol. The van der Waals surface area contributed by atoms with E-state index in [9.17, 15) is 4.79 Å². The van der Waals surface area contributed by atoms with Crippen LogP contribution in [0.3, 0.4) is 0 Å². The number of rotatable bonds is 6. The van der Waals surface area contributed by atoms with Crippen LogP contribution >= 0.6 is 0 Å². The van der Waals surface area contributed by atoms with E-state index in [0.29, 0.717) is 18.9 Å². The zero-order chi connectivity index (χ0) is 15.1. The van der Waals surface area contributed by atoms with E-state index >= 15 is 0 Å². The van der Waals surface area contributed by atoms with Gasteiger partial charge in [-0.15, -0.1) is 0 Å². The molecular weight excluding hydrogens is 266 g/mol. The van der Waals surface area contributed by atoms with Crippen LogP contribution in [0.2, 0.25) is 0 Å². The van der Waals surface area contributed by atoms with Crippen molar-refractivity contribution in [3.8, 4) is 17.0 Å². The maximum absolute atomic E-state index is 11.8. The van der Waals surface area contributed by atoms with Crippen LogP contribution in [-0.4, -0.2) is 24.2 Å². The molecule has 1 aromatic heterocycles. The summed E-state index contributed by atoms with van der Waals surface area (Å²) >= 11 is 0. The Kier molecular flexibility index (Phi) is 5.32. The third-order valence-electron chi connectivity index (χ3n) is 2.86. The highest BCUT2D eigenvalue weighted by atomic mass is 16.5. The molecular formula is C17H19NO3. The zero-order valence-electron chi connectivity index (χ0n) is 12.3. The van der Waals surface area contributed by atoms with Gasteiger partial charge in [0.15, 0.2) is 0 Å². The lowest BCUT2D eigenvalue weighted by atomic mass is 10.1. The van der Waals surface area contributed by atoms with Crippen LogP contribution in [0.5, 0.6) is 5.75 Å². The van der Waals surface area contributed by atoms with E-state index in [1.54, 1.807) is 12.1 Å². The molecule has 0 N–H and O–H groups in total. The summed E-state index contributed by atoms with van der Waals surface area (Å²) in [4.78, 5) is 16.2. The van der Waals surface area contributed by atoms with Crippen molar-refractivity contribution in [2.24, 2.45) is 0 Å². The molecule has 0 saturated carbocycles. The largest absolute Gasteiger partial charge is 0.494 e. The lowest BCUT2D eigenvalue weighted by molar-refractivity contribution is 0.0498. The molecule has 0 spiro atoms. The summed E-state index contributed by atoms with van der Waals surface area (Å²) in [6.07, 6.45) is 0.796. The van der Waals surface area contributed by atoms with Gasteiger partial charge in [0.05, 0.1) is 18.9 Å². The van der Waals surface area contributed by atoms with Gasteiger partial charge in [-0.1, -0.05) is 13.0 Å². The molecule has 2 aromatic rings. The van der Waals surface area contributed by atoms with Crippen molar-refractivity contribution >= 4 is 5.97 Å². The first-order valence-corrected chi connectivity index (χ1v) is 7.12. The van der Waals surface area contributed by atoms with Crippen LogP contribution in [0.4, 0.5) is 0 Å². The predicted molar refractivity (Wildman–Crippen MR) is 81.4 cm³/mol. The minimum atomic E-state index is -0.385. The Bertz CT molecular complexity index is 593. The van der Waals surface area contributed by atoms with E-state index < -0.39 is 0 Å². The fraction of sp³-hybridized carbons (Fsp3) is 0.294. The van der Waals surface area contributed by atoms with E-state index in [2.05, 4.69) is 4.98 Å². The quantitative estimate of drug-likeness (QED) is 0.759. The number of carbonyl (C=O) groups excluding carboxylic acids is 1. The second kappa shape index (κ2) is 7.43. The number of hydrogen-bond acceptors (Lipinski definition) is 4. The van der Waals surface area contributed by atoms with Crippen LogP contribution in [0.25, 0.3) is 11.3 Å². The number of nitrogens with zero attached hydrogens (tertiary/aromatic N) is 1. The molecule has 0 aliphatic carbocycles. The van der Waals surface area contributed by atoms with Crippen molar-refractivity contribution < 1.29 is 14.3 Å². The Hall–Kier alpha value is -2.36. The van der Waals surface area contributed by atoms with E-state index in [-0.39, 0.29) is 5.97 Å². The Morgan fingerprint density at radius 3 is 2.52 bits per heavy atom. The van der Waals surface area contributed by atoms with Crippen molar-refractivity contribution in [1.82, 2.24) is 4.98 Å². The van der Waals surface area contributed by atoms with Crippen LogP contribution in [0.1, 0.15) is 30.8 Å². The summed E-state index contributed by atoms with van der Waals surface area (Å²) in [5.41, 5.74) is 2.00. The minimum absolute atomic E-state index is 0.329. The van der Waals surface area contributed by atoms with Gasteiger partial charge in [0, 0.05) is 5.56 Å². The van der Waals surface area contributed by atoms with Gasteiger partial charge in [-0.05, 0) is 49.7 Å². The third-order valence-corrected chi connectivity index (χ3v) is 2.86. The summed E-state index contributed by atoms with van der Waals surface area (Å²) in [6.45, 7) is 4.95. The number of carbonyl (C=O) groups is 1. The highest BCUT2D eigenvalue weighted by Crippen LogP contribution is 2.21. The number of benzene rings is 1. The van der Waals surface area contributed by atoms with Gasteiger partial charge in [-0.3, -0.25) is 0 Å². The topological polar surface area (TPSA) is 48.4 Å². The van der Waals surface area contributed by atoms with Crippen LogP contribution in [0, 0.1) is 0 Å². The molecule has 0 atom stereocenters. The Morgan fingerprint density at radius 2 is 1.86 bits per heavy atom. The van der Waals surface area contributed by atoms with Gasteiger partial charge in [-0.2, -0.15) is 0 Å². The molecule has 0 amide bonds. The van der Waals surface area contributed by atoms with E-state index in [0.717, 1.165) is 23.4 Å². The van der Waals surface area contributed by atoms with Crippen LogP contribution in [0.15, 0.2) is 42.5 Å². The van der Waals surface area contributed by atoms with Crippen LogP contribution < -0.4 is 4.74 Å². The molecule has 0 unspecified atom stereocenters. The smallest absolute Gasteiger partial charge is 0.356 e. The van der Waals surface area contributed by atoms with Gasteiger partial charge in [0.2, 0.25) is 0 Å². The number of pyridine rings is 1. The summed E-state index contributed by atoms with van der Waals surface area (Å²) < 4.78 is 10.5. The van der Waals surface area contributed by atoms with Crippen molar-refractivity contribution in [3.05, 3.63) is 48.2 Å². The van der Waals surface area contributed by atoms with Crippen LogP contribution in [-0.2, 0) is 4.74 Å². The Labute approximate surface area is 124 Å². The summed E-state index contributed by atoms with van der Waals surface area (Å²) in [5.74, 6) is 0.435. The maximum Gasteiger partial charge on any atom is 0.356 e. The molecule has 0 bridgehead atoms. The molecule has 0 saturated heterocycles. The molecule has 4 nitrogen and oxygen atoms in total. The minimum Gasteiger partial charge on any atom is -0.494 e. The number of hydrogen-bond donors (Lipinski definition) is 0. The molecule has 21 heavy (non-hydrogen) atoms. The molecule has 4 heteroatoms. The predicted octanol–water partition coefficient (Wildman–Crippen LogP) is 3.71. The normalized spacial score (nSPS) is 10.2. The van der Waals surface area contributed by atoms with E-state index in [1.807, 2.05) is 44.2 Å². The molecule has 110 valence electrons. The summed E-state index contributed by atoms with van der Waals surface area (Å²) in [6, 6.07) is 13.0. The lowest BCUT2D eigenvalue weighted by Crippen LogP contribution is -2.08. The Balaban J connectivity index is 2.18. The fourth-order valence-corrected chi connectivity index (χ4v) is 1.87. The van der Waals surface area contributed by atoms with Crippen molar-refractivity contribution in [3.63, 3.8) is 0 Å². The molecule has 0 aliphatic rings. The SMILES string of the molecule is CCCOC(=O)c1cccc(-c2ccc(OCC)cc2)n1.